The van der Waals surface area contributed by atoms with Gasteiger partial charge in [-0.05, 0) is 43.9 Å². The van der Waals surface area contributed by atoms with Gasteiger partial charge in [-0.1, -0.05) is 60.4 Å². The van der Waals surface area contributed by atoms with Gasteiger partial charge in [-0.25, -0.2) is 0 Å². The molecule has 7 nitrogen and oxygen atoms in total. The number of hydrogen-bond acceptors (Lipinski definition) is 6. The molecule has 2 aromatic carbocycles. The third-order valence-electron chi connectivity index (χ3n) is 6.46. The van der Waals surface area contributed by atoms with Crippen LogP contribution in [-0.4, -0.2) is 52.7 Å². The number of carbonyl (C=O) groups excluding carboxylic acids is 3. The van der Waals surface area contributed by atoms with Crippen molar-refractivity contribution < 1.29 is 19.1 Å². The van der Waals surface area contributed by atoms with Gasteiger partial charge in [-0.3, -0.25) is 24.2 Å². The molecule has 3 aliphatic heterocycles. The number of anilines is 2. The number of para-hydroxylation sites is 2. The molecule has 0 radical (unpaired) electrons. The lowest BCUT2D eigenvalue weighted by Crippen LogP contribution is -2.36. The molecule has 0 bridgehead atoms. The van der Waals surface area contributed by atoms with Gasteiger partial charge in [-0.15, -0.1) is 0 Å². The summed E-state index contributed by atoms with van der Waals surface area (Å²) in [5, 5.41) is 2.94. The SMILES string of the molecule is Cc1cccc(C)c1NC(=O)CN1C(=O)/C(=C2\SC(=S)N(C[C@@H]3CCCO3)C2=O)c2ccccc21. The fourth-order valence-electron chi connectivity index (χ4n) is 4.69. The number of ether oxygens (including phenoxy) is 1. The Morgan fingerprint density at radius 1 is 1.09 bits per heavy atom. The molecule has 2 aromatic rings. The molecule has 0 aromatic heterocycles. The minimum Gasteiger partial charge on any atom is -0.376 e. The highest BCUT2D eigenvalue weighted by Crippen LogP contribution is 2.44. The number of thiocarbonyl (C=S) groups is 1. The third kappa shape index (κ3) is 4.39. The number of aryl methyl sites for hydroxylation is 2. The van der Waals surface area contributed by atoms with E-state index in [9.17, 15) is 14.4 Å². The van der Waals surface area contributed by atoms with Crippen LogP contribution in [0, 0.1) is 13.8 Å². The topological polar surface area (TPSA) is 79.0 Å². The van der Waals surface area contributed by atoms with E-state index in [1.807, 2.05) is 44.2 Å². The monoisotopic (exact) mass is 507 g/mol. The van der Waals surface area contributed by atoms with E-state index in [2.05, 4.69) is 5.32 Å². The maximum Gasteiger partial charge on any atom is 0.267 e. The van der Waals surface area contributed by atoms with Crippen LogP contribution in [0.1, 0.15) is 29.5 Å². The van der Waals surface area contributed by atoms with Crippen molar-refractivity contribution in [3.8, 4) is 0 Å². The van der Waals surface area contributed by atoms with E-state index < -0.39 is 0 Å². The Labute approximate surface area is 213 Å². The average Bonchev–Trinajstić information content (AvgIpc) is 3.51. The van der Waals surface area contributed by atoms with E-state index in [0.29, 0.717) is 39.2 Å². The Hall–Kier alpha value is -3.01. The van der Waals surface area contributed by atoms with Gasteiger partial charge in [0, 0.05) is 17.9 Å². The van der Waals surface area contributed by atoms with Crippen molar-refractivity contribution in [2.45, 2.75) is 32.8 Å². The lowest BCUT2D eigenvalue weighted by molar-refractivity contribution is -0.123. The van der Waals surface area contributed by atoms with Gasteiger partial charge in [0.05, 0.1) is 28.8 Å². The fraction of sp³-hybridized carbons (Fsp3) is 0.308. The number of nitrogens with zero attached hydrogens (tertiary/aromatic N) is 2. The predicted octanol–water partition coefficient (Wildman–Crippen LogP) is 4.04. The van der Waals surface area contributed by atoms with Gasteiger partial charge in [0.15, 0.2) is 0 Å². The summed E-state index contributed by atoms with van der Waals surface area (Å²) in [6, 6.07) is 13.0. The van der Waals surface area contributed by atoms with Crippen LogP contribution in [0.25, 0.3) is 5.57 Å². The number of nitrogens with one attached hydrogen (secondary N) is 1. The van der Waals surface area contributed by atoms with E-state index in [-0.39, 0.29) is 30.4 Å². The molecule has 3 heterocycles. The van der Waals surface area contributed by atoms with Crippen molar-refractivity contribution in [1.82, 2.24) is 4.90 Å². The van der Waals surface area contributed by atoms with Crippen LogP contribution in [0.5, 0.6) is 0 Å². The first kappa shape index (κ1) is 23.7. The highest BCUT2D eigenvalue weighted by Gasteiger charge is 2.43. The quantitative estimate of drug-likeness (QED) is 0.486. The maximum absolute atomic E-state index is 13.6. The smallest absolute Gasteiger partial charge is 0.267 e. The Kier molecular flexibility index (Phi) is 6.48. The van der Waals surface area contributed by atoms with Crippen LogP contribution in [0.15, 0.2) is 47.4 Å². The normalized spacial score (nSPS) is 21.8. The van der Waals surface area contributed by atoms with Crippen molar-refractivity contribution >= 4 is 63.0 Å². The fourth-order valence-corrected chi connectivity index (χ4v) is 6.04. The van der Waals surface area contributed by atoms with Crippen molar-refractivity contribution in [3.63, 3.8) is 0 Å². The van der Waals surface area contributed by atoms with Crippen LogP contribution in [-0.2, 0) is 19.1 Å². The molecule has 1 atom stereocenters. The largest absolute Gasteiger partial charge is 0.376 e. The number of amides is 3. The molecule has 2 fully saturated rings. The molecule has 0 spiro atoms. The highest BCUT2D eigenvalue weighted by atomic mass is 32.2. The van der Waals surface area contributed by atoms with Gasteiger partial charge >= 0.3 is 0 Å². The maximum atomic E-state index is 13.6. The summed E-state index contributed by atoms with van der Waals surface area (Å²) in [6.45, 7) is 4.76. The Balaban J connectivity index is 1.42. The summed E-state index contributed by atoms with van der Waals surface area (Å²) >= 11 is 6.63. The molecular formula is C26H25N3O4S2. The molecule has 180 valence electrons. The molecule has 3 amide bonds. The molecule has 5 rings (SSSR count). The minimum atomic E-state index is -0.375. The lowest BCUT2D eigenvalue weighted by atomic mass is 10.1. The van der Waals surface area contributed by atoms with E-state index >= 15 is 0 Å². The summed E-state index contributed by atoms with van der Waals surface area (Å²) in [5.41, 5.74) is 4.17. The zero-order valence-electron chi connectivity index (χ0n) is 19.5. The standard InChI is InChI=1S/C26H25N3O4S2/c1-15-7-5-8-16(2)22(15)27-20(30)14-28-19-11-4-3-10-18(19)21(24(28)31)23-25(32)29(26(34)35-23)13-17-9-6-12-33-17/h3-5,7-8,10-11,17H,6,9,12-14H2,1-2H3,(H,27,30)/b23-21-/t17-/m0/s1. The summed E-state index contributed by atoms with van der Waals surface area (Å²) in [6.07, 6.45) is 1.80. The van der Waals surface area contributed by atoms with Crippen LogP contribution in [0.2, 0.25) is 0 Å². The zero-order chi connectivity index (χ0) is 24.7. The van der Waals surface area contributed by atoms with Crippen LogP contribution in [0.4, 0.5) is 11.4 Å². The van der Waals surface area contributed by atoms with E-state index in [1.54, 1.807) is 12.1 Å². The number of fused-ring (bicyclic) bond motifs is 1. The van der Waals surface area contributed by atoms with Gasteiger partial charge in [-0.2, -0.15) is 0 Å². The first-order valence-corrected chi connectivity index (χ1v) is 12.7. The second-order valence-electron chi connectivity index (χ2n) is 8.85. The van der Waals surface area contributed by atoms with Crippen LogP contribution in [0.3, 0.4) is 0 Å². The number of hydrogen-bond donors (Lipinski definition) is 1. The first-order chi connectivity index (χ1) is 16.8. The second kappa shape index (κ2) is 9.56. The van der Waals surface area contributed by atoms with Gasteiger partial charge in [0.25, 0.3) is 11.8 Å². The molecule has 35 heavy (non-hydrogen) atoms. The van der Waals surface area contributed by atoms with Gasteiger partial charge < -0.3 is 10.1 Å². The molecule has 0 aliphatic carbocycles. The molecule has 0 saturated carbocycles. The number of benzene rings is 2. The van der Waals surface area contributed by atoms with Crippen molar-refractivity contribution in [1.29, 1.82) is 0 Å². The number of thioether (sulfide) groups is 1. The Bertz CT molecular complexity index is 1260. The van der Waals surface area contributed by atoms with E-state index in [0.717, 1.165) is 41.4 Å². The number of carbonyl (C=O) groups is 3. The first-order valence-electron chi connectivity index (χ1n) is 11.5. The van der Waals surface area contributed by atoms with E-state index in [1.165, 1.54) is 9.80 Å². The Morgan fingerprint density at radius 3 is 2.54 bits per heavy atom. The summed E-state index contributed by atoms with van der Waals surface area (Å²) < 4.78 is 6.10. The molecule has 1 N–H and O–H groups in total. The minimum absolute atomic E-state index is 0.0430. The summed E-state index contributed by atoms with van der Waals surface area (Å²) in [5.74, 6) is -0.964. The molecule has 2 saturated heterocycles. The average molecular weight is 508 g/mol. The van der Waals surface area contributed by atoms with Gasteiger partial charge in [0.2, 0.25) is 5.91 Å². The molecular weight excluding hydrogens is 482 g/mol. The highest BCUT2D eigenvalue weighted by molar-refractivity contribution is 8.26. The summed E-state index contributed by atoms with van der Waals surface area (Å²) in [4.78, 5) is 43.2. The van der Waals surface area contributed by atoms with Crippen molar-refractivity contribution in [2.24, 2.45) is 0 Å². The molecule has 9 heteroatoms. The zero-order valence-corrected chi connectivity index (χ0v) is 21.1. The second-order valence-corrected chi connectivity index (χ2v) is 10.5. The van der Waals surface area contributed by atoms with Crippen molar-refractivity contribution in [2.75, 3.05) is 29.9 Å². The van der Waals surface area contributed by atoms with Crippen LogP contribution < -0.4 is 10.2 Å². The molecule has 3 aliphatic rings. The van der Waals surface area contributed by atoms with E-state index in [4.69, 9.17) is 17.0 Å². The Morgan fingerprint density at radius 2 is 1.83 bits per heavy atom. The number of rotatable bonds is 5. The van der Waals surface area contributed by atoms with Crippen LogP contribution >= 0.6 is 24.0 Å². The van der Waals surface area contributed by atoms with Crippen molar-refractivity contribution in [3.05, 3.63) is 64.1 Å². The lowest BCUT2D eigenvalue weighted by Gasteiger charge is -2.19. The van der Waals surface area contributed by atoms with Gasteiger partial charge in [0.1, 0.15) is 10.9 Å². The molecule has 0 unspecified atom stereocenters. The third-order valence-corrected chi connectivity index (χ3v) is 7.91. The predicted molar refractivity (Wildman–Crippen MR) is 141 cm³/mol. The summed E-state index contributed by atoms with van der Waals surface area (Å²) in [7, 11) is 0.